The van der Waals surface area contributed by atoms with Gasteiger partial charge in [0.1, 0.15) is 5.82 Å². The second kappa shape index (κ2) is 9.25. The van der Waals surface area contributed by atoms with Crippen molar-refractivity contribution in [3.8, 4) is 11.5 Å². The average molecular weight is 432 g/mol. The molecule has 4 rings (SSSR count). The van der Waals surface area contributed by atoms with Crippen molar-refractivity contribution in [2.45, 2.75) is 5.22 Å². The molecule has 1 N–H and O–H groups in total. The molecule has 3 heterocycles. The van der Waals surface area contributed by atoms with Gasteiger partial charge in [0.05, 0.1) is 30.9 Å². The van der Waals surface area contributed by atoms with Crippen LogP contribution in [0.2, 0.25) is 5.02 Å². The highest BCUT2D eigenvalue weighted by molar-refractivity contribution is 7.99. The van der Waals surface area contributed by atoms with Gasteiger partial charge >= 0.3 is 0 Å². The molecule has 1 aliphatic rings. The van der Waals surface area contributed by atoms with Crippen LogP contribution in [0.25, 0.3) is 11.5 Å². The van der Waals surface area contributed by atoms with Crippen molar-refractivity contribution in [2.75, 3.05) is 42.3 Å². The lowest BCUT2D eigenvalue weighted by Gasteiger charge is -2.28. The van der Waals surface area contributed by atoms with Crippen molar-refractivity contribution in [2.24, 2.45) is 0 Å². The lowest BCUT2D eigenvalue weighted by atomic mass is 10.2. The number of halogens is 1. The minimum atomic E-state index is -0.201. The Bertz CT molecular complexity index is 959. The molecular formula is C19H18ClN5O3S. The predicted molar refractivity (Wildman–Crippen MR) is 111 cm³/mol. The molecule has 3 aromatic rings. The van der Waals surface area contributed by atoms with Crippen molar-refractivity contribution in [3.63, 3.8) is 0 Å². The summed E-state index contributed by atoms with van der Waals surface area (Å²) in [5.74, 6) is 0.813. The van der Waals surface area contributed by atoms with Gasteiger partial charge in [-0.3, -0.25) is 4.79 Å². The van der Waals surface area contributed by atoms with E-state index >= 15 is 0 Å². The van der Waals surface area contributed by atoms with Crippen LogP contribution in [-0.4, -0.2) is 53.1 Å². The molecule has 10 heteroatoms. The molecule has 1 saturated heterocycles. The second-order valence-electron chi connectivity index (χ2n) is 6.22. The van der Waals surface area contributed by atoms with Gasteiger partial charge in [-0.25, -0.2) is 4.98 Å². The van der Waals surface area contributed by atoms with Gasteiger partial charge in [0.2, 0.25) is 11.8 Å². The maximum Gasteiger partial charge on any atom is 0.277 e. The van der Waals surface area contributed by atoms with Crippen LogP contribution in [0.15, 0.2) is 52.2 Å². The summed E-state index contributed by atoms with van der Waals surface area (Å²) in [6.45, 7) is 3.11. The van der Waals surface area contributed by atoms with Crippen LogP contribution in [0.3, 0.4) is 0 Å². The standard InChI is InChI=1S/C19H18ClN5O3S/c20-14-3-1-13(2-4-14)18-23-24-19(28-18)29-12-17(26)22-16-6-5-15(11-21-16)25-7-9-27-10-8-25/h1-6,11H,7-10,12H2,(H,21,22,26). The monoisotopic (exact) mass is 431 g/mol. The number of pyridine rings is 1. The number of carbonyl (C=O) groups is 1. The Hall–Kier alpha value is -2.62. The molecule has 1 aliphatic heterocycles. The lowest BCUT2D eigenvalue weighted by Crippen LogP contribution is -2.36. The fraction of sp³-hybridized carbons (Fsp3) is 0.263. The molecule has 0 bridgehead atoms. The van der Waals surface area contributed by atoms with Gasteiger partial charge in [0.25, 0.3) is 5.22 Å². The van der Waals surface area contributed by atoms with E-state index in [0.717, 1.165) is 36.1 Å². The number of anilines is 2. The van der Waals surface area contributed by atoms with Crippen molar-refractivity contribution >= 4 is 40.8 Å². The Kier molecular flexibility index (Phi) is 6.28. The number of hydrogen-bond acceptors (Lipinski definition) is 8. The van der Waals surface area contributed by atoms with E-state index in [1.165, 1.54) is 0 Å². The smallest absolute Gasteiger partial charge is 0.277 e. The fourth-order valence-electron chi connectivity index (χ4n) is 2.75. The number of ether oxygens (including phenoxy) is 1. The zero-order valence-electron chi connectivity index (χ0n) is 15.4. The highest BCUT2D eigenvalue weighted by Crippen LogP contribution is 2.24. The third-order valence-corrected chi connectivity index (χ3v) is 5.29. The summed E-state index contributed by atoms with van der Waals surface area (Å²) in [6.07, 6.45) is 1.75. The Morgan fingerprint density at radius 2 is 1.93 bits per heavy atom. The van der Waals surface area contributed by atoms with Crippen LogP contribution in [-0.2, 0) is 9.53 Å². The number of nitrogens with one attached hydrogen (secondary N) is 1. The van der Waals surface area contributed by atoms with E-state index in [0.29, 0.717) is 35.2 Å². The normalized spacial score (nSPS) is 14.0. The average Bonchev–Trinajstić information content (AvgIpc) is 3.23. The molecule has 0 atom stereocenters. The van der Waals surface area contributed by atoms with E-state index in [1.807, 2.05) is 6.07 Å². The molecule has 1 amide bonds. The van der Waals surface area contributed by atoms with Gasteiger partial charge < -0.3 is 19.4 Å². The van der Waals surface area contributed by atoms with E-state index in [-0.39, 0.29) is 11.7 Å². The van der Waals surface area contributed by atoms with E-state index in [4.69, 9.17) is 20.8 Å². The van der Waals surface area contributed by atoms with Gasteiger partial charge in [-0.05, 0) is 36.4 Å². The maximum atomic E-state index is 12.2. The molecule has 0 unspecified atom stereocenters. The van der Waals surface area contributed by atoms with Crippen LogP contribution in [0.1, 0.15) is 0 Å². The molecule has 0 saturated carbocycles. The van der Waals surface area contributed by atoms with Crippen LogP contribution >= 0.6 is 23.4 Å². The number of morpholine rings is 1. The Morgan fingerprint density at radius 1 is 1.14 bits per heavy atom. The lowest BCUT2D eigenvalue weighted by molar-refractivity contribution is -0.113. The Morgan fingerprint density at radius 3 is 2.66 bits per heavy atom. The molecule has 0 aliphatic carbocycles. The minimum Gasteiger partial charge on any atom is -0.411 e. The number of benzene rings is 1. The van der Waals surface area contributed by atoms with E-state index < -0.39 is 0 Å². The zero-order valence-corrected chi connectivity index (χ0v) is 16.9. The largest absolute Gasteiger partial charge is 0.411 e. The van der Waals surface area contributed by atoms with Crippen molar-refractivity contribution < 1.29 is 13.9 Å². The molecule has 29 heavy (non-hydrogen) atoms. The SMILES string of the molecule is O=C(CSc1nnc(-c2ccc(Cl)cc2)o1)Nc1ccc(N2CCOCC2)cn1. The summed E-state index contributed by atoms with van der Waals surface area (Å²) in [4.78, 5) is 18.7. The Balaban J connectivity index is 1.28. The number of aromatic nitrogens is 3. The molecule has 1 fully saturated rings. The number of nitrogens with zero attached hydrogens (tertiary/aromatic N) is 4. The van der Waals surface area contributed by atoms with Crippen LogP contribution in [0.4, 0.5) is 11.5 Å². The Labute approximate surface area is 176 Å². The molecular weight excluding hydrogens is 414 g/mol. The number of rotatable bonds is 6. The molecule has 8 nitrogen and oxygen atoms in total. The zero-order chi connectivity index (χ0) is 20.1. The summed E-state index contributed by atoms with van der Waals surface area (Å²) >= 11 is 7.04. The van der Waals surface area contributed by atoms with Crippen LogP contribution < -0.4 is 10.2 Å². The van der Waals surface area contributed by atoms with Crippen molar-refractivity contribution in [1.82, 2.24) is 15.2 Å². The van der Waals surface area contributed by atoms with Crippen LogP contribution in [0.5, 0.6) is 0 Å². The third kappa shape index (κ3) is 5.26. The molecule has 0 spiro atoms. The van der Waals surface area contributed by atoms with E-state index in [2.05, 4.69) is 25.4 Å². The first kappa shape index (κ1) is 19.7. The summed E-state index contributed by atoms with van der Waals surface area (Å²) in [5, 5.41) is 11.7. The summed E-state index contributed by atoms with van der Waals surface area (Å²) in [5.41, 5.74) is 1.78. The van der Waals surface area contributed by atoms with Gasteiger partial charge in [-0.1, -0.05) is 23.4 Å². The maximum absolute atomic E-state index is 12.2. The van der Waals surface area contributed by atoms with Crippen molar-refractivity contribution in [3.05, 3.63) is 47.6 Å². The molecule has 2 aromatic heterocycles. The van der Waals surface area contributed by atoms with Gasteiger partial charge in [0.15, 0.2) is 0 Å². The number of carbonyl (C=O) groups excluding carboxylic acids is 1. The highest BCUT2D eigenvalue weighted by Gasteiger charge is 2.13. The van der Waals surface area contributed by atoms with E-state index in [1.54, 1.807) is 36.5 Å². The number of thioether (sulfide) groups is 1. The van der Waals surface area contributed by atoms with Gasteiger partial charge in [-0.2, -0.15) is 0 Å². The van der Waals surface area contributed by atoms with Crippen LogP contribution in [0, 0.1) is 0 Å². The van der Waals surface area contributed by atoms with Gasteiger partial charge in [-0.15, -0.1) is 10.2 Å². The first-order valence-corrected chi connectivity index (χ1v) is 10.3. The third-order valence-electron chi connectivity index (χ3n) is 4.22. The summed E-state index contributed by atoms with van der Waals surface area (Å²) in [7, 11) is 0. The first-order chi connectivity index (χ1) is 14.2. The molecule has 0 radical (unpaired) electrons. The molecule has 150 valence electrons. The topological polar surface area (TPSA) is 93.4 Å². The molecule has 1 aromatic carbocycles. The fourth-order valence-corrected chi connectivity index (χ4v) is 3.44. The quantitative estimate of drug-likeness (QED) is 0.594. The van der Waals surface area contributed by atoms with Crippen molar-refractivity contribution in [1.29, 1.82) is 0 Å². The number of hydrogen-bond donors (Lipinski definition) is 1. The van der Waals surface area contributed by atoms with E-state index in [9.17, 15) is 4.79 Å². The van der Waals surface area contributed by atoms with Gasteiger partial charge in [0, 0.05) is 23.7 Å². The second-order valence-corrected chi connectivity index (χ2v) is 7.58. The summed E-state index contributed by atoms with van der Waals surface area (Å²) < 4.78 is 10.9. The summed E-state index contributed by atoms with van der Waals surface area (Å²) in [6, 6.07) is 10.8. The first-order valence-electron chi connectivity index (χ1n) is 8.98. The minimum absolute atomic E-state index is 0.134. The number of amides is 1. The highest BCUT2D eigenvalue weighted by atomic mass is 35.5. The predicted octanol–water partition coefficient (Wildman–Crippen LogP) is 3.35.